The van der Waals surface area contributed by atoms with Gasteiger partial charge in [0.2, 0.25) is 0 Å². The van der Waals surface area contributed by atoms with Crippen LogP contribution in [0.2, 0.25) is 0 Å². The summed E-state index contributed by atoms with van der Waals surface area (Å²) >= 11 is 0. The molecule has 2 nitrogen and oxygen atoms in total. The molecule has 0 saturated carbocycles. The minimum atomic E-state index is 0.0204. The van der Waals surface area contributed by atoms with E-state index in [1.807, 2.05) is 0 Å². The summed E-state index contributed by atoms with van der Waals surface area (Å²) in [5.74, 6) is 0. The normalized spacial score (nSPS) is 19.0. The van der Waals surface area contributed by atoms with Crippen molar-refractivity contribution < 1.29 is 4.74 Å². The maximum atomic E-state index is 6.39. The SMILES string of the molecule is CCc1ccc(C(N)CC2OCCc3ccccc32)cc1. The van der Waals surface area contributed by atoms with Crippen LogP contribution in [0.25, 0.3) is 0 Å². The van der Waals surface area contributed by atoms with Crippen molar-refractivity contribution in [1.29, 1.82) is 0 Å². The van der Waals surface area contributed by atoms with Crippen LogP contribution in [0.4, 0.5) is 0 Å². The number of ether oxygens (including phenoxy) is 1. The molecule has 0 bridgehead atoms. The van der Waals surface area contributed by atoms with E-state index in [1.165, 1.54) is 22.3 Å². The van der Waals surface area contributed by atoms with Crippen LogP contribution >= 0.6 is 0 Å². The van der Waals surface area contributed by atoms with E-state index in [0.717, 1.165) is 25.9 Å². The summed E-state index contributed by atoms with van der Waals surface area (Å²) in [7, 11) is 0. The Balaban J connectivity index is 1.74. The average Bonchev–Trinajstić information content (AvgIpc) is 2.55. The van der Waals surface area contributed by atoms with Gasteiger partial charge in [-0.1, -0.05) is 55.5 Å². The molecule has 3 rings (SSSR count). The lowest BCUT2D eigenvalue weighted by Crippen LogP contribution is -2.21. The Morgan fingerprint density at radius 2 is 1.90 bits per heavy atom. The molecule has 2 heteroatoms. The summed E-state index contributed by atoms with van der Waals surface area (Å²) in [6, 6.07) is 17.2. The first-order chi connectivity index (χ1) is 10.3. The third-order valence-corrected chi connectivity index (χ3v) is 4.38. The summed E-state index contributed by atoms with van der Waals surface area (Å²) in [5, 5.41) is 0. The van der Waals surface area contributed by atoms with Crippen LogP contribution in [0.3, 0.4) is 0 Å². The number of aryl methyl sites for hydroxylation is 1. The molecule has 2 aromatic carbocycles. The van der Waals surface area contributed by atoms with E-state index in [4.69, 9.17) is 10.5 Å². The van der Waals surface area contributed by atoms with Gasteiger partial charge in [0.05, 0.1) is 12.7 Å². The molecule has 0 aromatic heterocycles. The second-order valence-corrected chi connectivity index (χ2v) is 5.75. The first kappa shape index (κ1) is 14.3. The van der Waals surface area contributed by atoms with Gasteiger partial charge in [0.15, 0.2) is 0 Å². The fraction of sp³-hybridized carbons (Fsp3) is 0.368. The van der Waals surface area contributed by atoms with Gasteiger partial charge in [-0.05, 0) is 41.5 Å². The molecular weight excluding hydrogens is 258 g/mol. The lowest BCUT2D eigenvalue weighted by atomic mass is 9.91. The van der Waals surface area contributed by atoms with Crippen molar-refractivity contribution >= 4 is 0 Å². The molecule has 2 aromatic rings. The molecule has 0 fully saturated rings. The monoisotopic (exact) mass is 281 g/mol. The third-order valence-electron chi connectivity index (χ3n) is 4.38. The third kappa shape index (κ3) is 3.17. The van der Waals surface area contributed by atoms with E-state index in [2.05, 4.69) is 55.5 Å². The lowest BCUT2D eigenvalue weighted by molar-refractivity contribution is 0.0320. The Labute approximate surface area is 126 Å². The Kier molecular flexibility index (Phi) is 4.37. The molecule has 0 saturated heterocycles. The molecule has 0 spiro atoms. The summed E-state index contributed by atoms with van der Waals surface area (Å²) < 4.78 is 5.96. The zero-order valence-corrected chi connectivity index (χ0v) is 12.6. The summed E-state index contributed by atoms with van der Waals surface area (Å²) in [4.78, 5) is 0. The second-order valence-electron chi connectivity index (χ2n) is 5.75. The first-order valence-electron chi connectivity index (χ1n) is 7.81. The standard InChI is InChI=1S/C19H23NO/c1-2-14-7-9-16(10-8-14)18(20)13-19-17-6-4-3-5-15(17)11-12-21-19/h3-10,18-19H,2,11-13,20H2,1H3. The number of fused-ring (bicyclic) bond motifs is 1. The molecule has 1 aliphatic heterocycles. The van der Waals surface area contributed by atoms with Crippen LogP contribution in [-0.2, 0) is 17.6 Å². The van der Waals surface area contributed by atoms with Gasteiger partial charge in [0.1, 0.15) is 0 Å². The lowest BCUT2D eigenvalue weighted by Gasteiger charge is -2.28. The van der Waals surface area contributed by atoms with Crippen molar-refractivity contribution in [2.75, 3.05) is 6.61 Å². The van der Waals surface area contributed by atoms with Gasteiger partial charge in [-0.2, -0.15) is 0 Å². The molecule has 2 atom stereocenters. The van der Waals surface area contributed by atoms with Crippen LogP contribution in [0, 0.1) is 0 Å². The van der Waals surface area contributed by atoms with Crippen LogP contribution in [0.5, 0.6) is 0 Å². The minimum Gasteiger partial charge on any atom is -0.373 e. The molecule has 2 unspecified atom stereocenters. The number of hydrogen-bond donors (Lipinski definition) is 1. The van der Waals surface area contributed by atoms with Crippen LogP contribution in [0.15, 0.2) is 48.5 Å². The number of rotatable bonds is 4. The van der Waals surface area contributed by atoms with Gasteiger partial charge < -0.3 is 10.5 Å². The van der Waals surface area contributed by atoms with E-state index in [9.17, 15) is 0 Å². The molecule has 1 aliphatic rings. The number of nitrogens with two attached hydrogens (primary N) is 1. The van der Waals surface area contributed by atoms with E-state index in [-0.39, 0.29) is 12.1 Å². The van der Waals surface area contributed by atoms with Crippen LogP contribution in [0.1, 0.15) is 47.7 Å². The molecule has 110 valence electrons. The maximum absolute atomic E-state index is 6.39. The fourth-order valence-corrected chi connectivity index (χ4v) is 3.04. The summed E-state index contributed by atoms with van der Waals surface area (Å²) in [6.07, 6.45) is 3.03. The zero-order valence-electron chi connectivity index (χ0n) is 12.6. The van der Waals surface area contributed by atoms with Crippen LogP contribution < -0.4 is 5.73 Å². The molecular formula is C19H23NO. The van der Waals surface area contributed by atoms with Gasteiger partial charge in [0.25, 0.3) is 0 Å². The predicted octanol–water partition coefficient (Wildman–Crippen LogP) is 3.95. The largest absolute Gasteiger partial charge is 0.373 e. The van der Waals surface area contributed by atoms with Crippen molar-refractivity contribution in [3.8, 4) is 0 Å². The quantitative estimate of drug-likeness (QED) is 0.921. The second kappa shape index (κ2) is 6.42. The van der Waals surface area contributed by atoms with E-state index < -0.39 is 0 Å². The van der Waals surface area contributed by atoms with Crippen LogP contribution in [-0.4, -0.2) is 6.61 Å². The Hall–Kier alpha value is -1.64. The molecule has 2 N–H and O–H groups in total. The van der Waals surface area contributed by atoms with Crippen molar-refractivity contribution in [1.82, 2.24) is 0 Å². The highest BCUT2D eigenvalue weighted by molar-refractivity contribution is 5.32. The van der Waals surface area contributed by atoms with Crippen molar-refractivity contribution in [3.05, 3.63) is 70.8 Å². The van der Waals surface area contributed by atoms with Crippen molar-refractivity contribution in [2.24, 2.45) is 5.73 Å². The van der Waals surface area contributed by atoms with E-state index in [0.29, 0.717) is 0 Å². The summed E-state index contributed by atoms with van der Waals surface area (Å²) in [6.45, 7) is 2.96. The zero-order chi connectivity index (χ0) is 14.7. The van der Waals surface area contributed by atoms with Gasteiger partial charge >= 0.3 is 0 Å². The molecule has 0 radical (unpaired) electrons. The smallest absolute Gasteiger partial charge is 0.0845 e. The highest BCUT2D eigenvalue weighted by atomic mass is 16.5. The fourth-order valence-electron chi connectivity index (χ4n) is 3.04. The molecule has 0 aliphatic carbocycles. The molecule has 1 heterocycles. The van der Waals surface area contributed by atoms with E-state index >= 15 is 0 Å². The van der Waals surface area contributed by atoms with Crippen molar-refractivity contribution in [2.45, 2.75) is 38.3 Å². The average molecular weight is 281 g/mol. The minimum absolute atomic E-state index is 0.0204. The maximum Gasteiger partial charge on any atom is 0.0845 e. The molecule has 0 amide bonds. The Morgan fingerprint density at radius 1 is 1.14 bits per heavy atom. The first-order valence-corrected chi connectivity index (χ1v) is 7.81. The topological polar surface area (TPSA) is 35.2 Å². The Bertz CT molecular complexity index is 591. The summed E-state index contributed by atoms with van der Waals surface area (Å²) in [5.41, 5.74) is 11.7. The molecule has 21 heavy (non-hydrogen) atoms. The predicted molar refractivity (Wildman–Crippen MR) is 86.2 cm³/mol. The van der Waals surface area contributed by atoms with Gasteiger partial charge in [-0.25, -0.2) is 0 Å². The number of benzene rings is 2. The van der Waals surface area contributed by atoms with Gasteiger partial charge in [-0.3, -0.25) is 0 Å². The highest BCUT2D eigenvalue weighted by Gasteiger charge is 2.23. The number of hydrogen-bond acceptors (Lipinski definition) is 2. The highest BCUT2D eigenvalue weighted by Crippen LogP contribution is 2.33. The van der Waals surface area contributed by atoms with E-state index in [1.54, 1.807) is 0 Å². The van der Waals surface area contributed by atoms with Gasteiger partial charge in [0, 0.05) is 6.04 Å². The Morgan fingerprint density at radius 3 is 2.67 bits per heavy atom. The van der Waals surface area contributed by atoms with Gasteiger partial charge in [-0.15, -0.1) is 0 Å². The van der Waals surface area contributed by atoms with Crippen molar-refractivity contribution in [3.63, 3.8) is 0 Å².